The number of benzene rings is 1. The number of hydrogen-bond acceptors (Lipinski definition) is 5. The standard InChI is InChI=1S/C17H18N4O2S2/c1-12(15(22)18-10-14-8-5-9-24-14)25-17-20-19-16(23)21(17)11-13-6-3-2-4-7-13/h2-9,12H,10-11H2,1H3,(H,18,22)(H,19,23). The Labute approximate surface area is 153 Å². The number of H-pyrrole nitrogens is 1. The van der Waals surface area contributed by atoms with Gasteiger partial charge in [-0.15, -0.1) is 16.4 Å². The molecule has 8 heteroatoms. The summed E-state index contributed by atoms with van der Waals surface area (Å²) >= 11 is 2.87. The van der Waals surface area contributed by atoms with Crippen molar-refractivity contribution >= 4 is 29.0 Å². The van der Waals surface area contributed by atoms with Crippen molar-refractivity contribution in [3.63, 3.8) is 0 Å². The van der Waals surface area contributed by atoms with Crippen molar-refractivity contribution in [2.45, 2.75) is 30.4 Å². The summed E-state index contributed by atoms with van der Waals surface area (Å²) in [5, 5.41) is 11.6. The molecule has 0 aliphatic rings. The fourth-order valence-electron chi connectivity index (χ4n) is 2.24. The number of aromatic amines is 1. The van der Waals surface area contributed by atoms with Crippen LogP contribution >= 0.6 is 23.1 Å². The van der Waals surface area contributed by atoms with Crippen molar-refractivity contribution in [2.75, 3.05) is 0 Å². The van der Waals surface area contributed by atoms with Crippen LogP contribution in [0.5, 0.6) is 0 Å². The van der Waals surface area contributed by atoms with Crippen LogP contribution in [0.4, 0.5) is 0 Å². The van der Waals surface area contributed by atoms with Gasteiger partial charge in [-0.05, 0) is 23.9 Å². The summed E-state index contributed by atoms with van der Waals surface area (Å²) in [5.41, 5.74) is 0.722. The molecule has 0 saturated carbocycles. The van der Waals surface area contributed by atoms with Gasteiger partial charge in [-0.25, -0.2) is 9.89 Å². The molecule has 3 rings (SSSR count). The van der Waals surface area contributed by atoms with Gasteiger partial charge in [0.05, 0.1) is 18.3 Å². The Morgan fingerprint density at radius 2 is 2.12 bits per heavy atom. The van der Waals surface area contributed by atoms with Gasteiger partial charge >= 0.3 is 5.69 Å². The highest BCUT2D eigenvalue weighted by Crippen LogP contribution is 2.21. The van der Waals surface area contributed by atoms with Gasteiger partial charge in [-0.1, -0.05) is 48.2 Å². The molecule has 0 radical (unpaired) electrons. The fourth-order valence-corrected chi connectivity index (χ4v) is 3.77. The van der Waals surface area contributed by atoms with Crippen molar-refractivity contribution in [3.8, 4) is 0 Å². The number of aromatic nitrogens is 3. The van der Waals surface area contributed by atoms with Gasteiger partial charge in [0, 0.05) is 4.88 Å². The summed E-state index contributed by atoms with van der Waals surface area (Å²) in [6, 6.07) is 13.6. The molecular weight excluding hydrogens is 356 g/mol. The van der Waals surface area contributed by atoms with Gasteiger partial charge in [-0.2, -0.15) is 0 Å². The van der Waals surface area contributed by atoms with Gasteiger partial charge in [-0.3, -0.25) is 9.36 Å². The van der Waals surface area contributed by atoms with Crippen molar-refractivity contribution in [1.29, 1.82) is 0 Å². The molecule has 2 heterocycles. The third-order valence-corrected chi connectivity index (χ3v) is 5.54. The SMILES string of the molecule is CC(Sc1n[nH]c(=O)n1Cc1ccccc1)C(=O)NCc1cccs1. The number of carbonyl (C=O) groups is 1. The largest absolute Gasteiger partial charge is 0.350 e. The van der Waals surface area contributed by atoms with E-state index < -0.39 is 0 Å². The molecule has 1 atom stereocenters. The lowest BCUT2D eigenvalue weighted by Gasteiger charge is -2.11. The van der Waals surface area contributed by atoms with Crippen LogP contribution in [-0.2, 0) is 17.9 Å². The average Bonchev–Trinajstić information content (AvgIpc) is 3.26. The monoisotopic (exact) mass is 374 g/mol. The zero-order valence-corrected chi connectivity index (χ0v) is 15.3. The second kappa shape index (κ2) is 8.17. The van der Waals surface area contributed by atoms with Crippen LogP contribution in [0.3, 0.4) is 0 Å². The van der Waals surface area contributed by atoms with Crippen molar-refractivity contribution in [1.82, 2.24) is 20.1 Å². The number of thiophene rings is 1. The van der Waals surface area contributed by atoms with Crippen molar-refractivity contribution in [3.05, 3.63) is 68.8 Å². The van der Waals surface area contributed by atoms with Crippen LogP contribution in [0.15, 0.2) is 57.8 Å². The van der Waals surface area contributed by atoms with Crippen LogP contribution in [0.25, 0.3) is 0 Å². The third kappa shape index (κ3) is 4.61. The molecule has 0 bridgehead atoms. The zero-order valence-electron chi connectivity index (χ0n) is 13.6. The summed E-state index contributed by atoms with van der Waals surface area (Å²) in [4.78, 5) is 25.4. The maximum absolute atomic E-state index is 12.3. The quantitative estimate of drug-likeness (QED) is 0.623. The first-order valence-corrected chi connectivity index (χ1v) is 9.55. The van der Waals surface area contributed by atoms with Gasteiger partial charge < -0.3 is 5.32 Å². The molecule has 1 amide bonds. The molecule has 0 saturated heterocycles. The summed E-state index contributed by atoms with van der Waals surface area (Å²) in [6.07, 6.45) is 0. The summed E-state index contributed by atoms with van der Waals surface area (Å²) < 4.78 is 1.54. The van der Waals surface area contributed by atoms with Gasteiger partial charge in [0.2, 0.25) is 5.91 Å². The Morgan fingerprint density at radius 1 is 1.32 bits per heavy atom. The molecule has 0 aliphatic heterocycles. The third-order valence-electron chi connectivity index (χ3n) is 3.58. The minimum absolute atomic E-state index is 0.0832. The number of amides is 1. The maximum Gasteiger partial charge on any atom is 0.344 e. The highest BCUT2D eigenvalue weighted by atomic mass is 32.2. The Hall–Kier alpha value is -2.32. The summed E-state index contributed by atoms with van der Waals surface area (Å²) in [7, 11) is 0. The number of nitrogens with zero attached hydrogens (tertiary/aromatic N) is 2. The zero-order chi connectivity index (χ0) is 17.6. The minimum Gasteiger partial charge on any atom is -0.350 e. The van der Waals surface area contributed by atoms with Crippen LogP contribution in [0.1, 0.15) is 17.4 Å². The van der Waals surface area contributed by atoms with E-state index in [1.54, 1.807) is 22.8 Å². The predicted octanol–water partition coefficient (Wildman–Crippen LogP) is 2.48. The molecule has 1 aromatic carbocycles. The molecule has 0 aliphatic carbocycles. The lowest BCUT2D eigenvalue weighted by Crippen LogP contribution is -2.30. The predicted molar refractivity (Wildman–Crippen MR) is 99.9 cm³/mol. The number of thioether (sulfide) groups is 1. The van der Waals surface area contributed by atoms with Crippen LogP contribution < -0.4 is 11.0 Å². The van der Waals surface area contributed by atoms with E-state index in [4.69, 9.17) is 0 Å². The summed E-state index contributed by atoms with van der Waals surface area (Å²) in [6.45, 7) is 2.74. The molecular formula is C17H18N4O2S2. The van der Waals surface area contributed by atoms with Crippen LogP contribution in [-0.4, -0.2) is 25.9 Å². The number of nitrogens with one attached hydrogen (secondary N) is 2. The van der Waals surface area contributed by atoms with E-state index in [2.05, 4.69) is 15.5 Å². The maximum atomic E-state index is 12.3. The van der Waals surface area contributed by atoms with E-state index in [9.17, 15) is 9.59 Å². The second-order valence-electron chi connectivity index (χ2n) is 5.44. The van der Waals surface area contributed by atoms with E-state index in [1.807, 2.05) is 47.8 Å². The van der Waals surface area contributed by atoms with E-state index in [1.165, 1.54) is 11.8 Å². The van der Waals surface area contributed by atoms with Gasteiger partial charge in [0.25, 0.3) is 0 Å². The normalized spacial score (nSPS) is 12.0. The highest BCUT2D eigenvalue weighted by Gasteiger charge is 2.19. The van der Waals surface area contributed by atoms with E-state index in [-0.39, 0.29) is 16.8 Å². The highest BCUT2D eigenvalue weighted by molar-refractivity contribution is 8.00. The molecule has 1 unspecified atom stereocenters. The van der Waals surface area contributed by atoms with Crippen LogP contribution in [0, 0.1) is 0 Å². The Balaban J connectivity index is 1.64. The van der Waals surface area contributed by atoms with Crippen molar-refractivity contribution < 1.29 is 4.79 Å². The first kappa shape index (κ1) is 17.5. The lowest BCUT2D eigenvalue weighted by molar-refractivity contribution is -0.120. The molecule has 0 spiro atoms. The van der Waals surface area contributed by atoms with E-state index in [0.717, 1.165) is 10.4 Å². The molecule has 2 N–H and O–H groups in total. The molecule has 0 fully saturated rings. The minimum atomic E-state index is -0.357. The first-order valence-electron chi connectivity index (χ1n) is 7.79. The Kier molecular flexibility index (Phi) is 5.72. The number of hydrogen-bond donors (Lipinski definition) is 2. The van der Waals surface area contributed by atoms with Gasteiger partial charge in [0.15, 0.2) is 5.16 Å². The Bertz CT molecular complexity index is 872. The lowest BCUT2D eigenvalue weighted by atomic mass is 10.2. The number of carbonyl (C=O) groups excluding carboxylic acids is 1. The molecule has 130 valence electrons. The van der Waals surface area contributed by atoms with Crippen molar-refractivity contribution in [2.24, 2.45) is 0 Å². The molecule has 6 nitrogen and oxygen atoms in total. The van der Waals surface area contributed by atoms with E-state index >= 15 is 0 Å². The van der Waals surface area contributed by atoms with E-state index in [0.29, 0.717) is 18.2 Å². The fraction of sp³-hybridized carbons (Fsp3) is 0.235. The molecule has 3 aromatic rings. The molecule has 2 aromatic heterocycles. The molecule has 25 heavy (non-hydrogen) atoms. The average molecular weight is 374 g/mol. The van der Waals surface area contributed by atoms with Gasteiger partial charge in [0.1, 0.15) is 0 Å². The smallest absolute Gasteiger partial charge is 0.344 e. The summed E-state index contributed by atoms with van der Waals surface area (Å²) in [5.74, 6) is -0.0832. The first-order chi connectivity index (χ1) is 12.1. The van der Waals surface area contributed by atoms with Crippen LogP contribution in [0.2, 0.25) is 0 Å². The topological polar surface area (TPSA) is 79.8 Å². The second-order valence-corrected chi connectivity index (χ2v) is 7.78. The Morgan fingerprint density at radius 3 is 2.84 bits per heavy atom. The number of rotatable bonds is 7.